The van der Waals surface area contributed by atoms with Gasteiger partial charge in [-0.25, -0.2) is 27.0 Å². The number of aromatic nitrogens is 2. The summed E-state index contributed by atoms with van der Waals surface area (Å²) in [6.45, 7) is 0.570. The number of alkyl halides is 1. The smallest absolute Gasteiger partial charge is 0.408 e. The van der Waals surface area contributed by atoms with Gasteiger partial charge < -0.3 is 9.73 Å². The average molecular weight is 490 g/mol. The van der Waals surface area contributed by atoms with Crippen molar-refractivity contribution in [3.8, 4) is 0 Å². The number of hydrogen-bond donors (Lipinski definition) is 2. The van der Waals surface area contributed by atoms with E-state index in [-0.39, 0.29) is 30.0 Å². The van der Waals surface area contributed by atoms with Crippen molar-refractivity contribution in [1.82, 2.24) is 14.9 Å². The third kappa shape index (κ3) is 3.94. The van der Waals surface area contributed by atoms with Gasteiger partial charge >= 0.3 is 5.76 Å². The van der Waals surface area contributed by atoms with Gasteiger partial charge in [-0.2, -0.15) is 4.39 Å². The lowest BCUT2D eigenvalue weighted by Crippen LogP contribution is -2.28. The van der Waals surface area contributed by atoms with E-state index in [2.05, 4.69) is 10.3 Å². The molecule has 2 aromatic carbocycles. The van der Waals surface area contributed by atoms with E-state index in [1.165, 1.54) is 12.1 Å². The number of pyridine rings is 1. The molecule has 0 saturated heterocycles. The Kier molecular flexibility index (Phi) is 5.41. The Labute approximate surface area is 191 Å². The molecule has 0 radical (unpaired) electrons. The average Bonchev–Trinajstić information content (AvgIpc) is 3.08. The molecule has 2 aromatic heterocycles. The topological polar surface area (TPSA) is 106 Å². The summed E-state index contributed by atoms with van der Waals surface area (Å²) in [5, 5.41) is 2.97. The fourth-order valence-corrected chi connectivity index (χ4v) is 5.07. The second-order valence-electron chi connectivity index (χ2n) is 7.74. The number of halogens is 3. The second kappa shape index (κ2) is 8.29. The first-order chi connectivity index (χ1) is 16.2. The Hall–Kier alpha value is -3.64. The normalized spacial score (nSPS) is 15.9. The molecular weight excluding hydrogens is 473 g/mol. The van der Waals surface area contributed by atoms with E-state index in [9.17, 15) is 26.4 Å². The van der Waals surface area contributed by atoms with Crippen LogP contribution in [0.25, 0.3) is 11.1 Å². The number of benzene rings is 2. The van der Waals surface area contributed by atoms with Gasteiger partial charge in [-0.1, -0.05) is 24.3 Å². The molecule has 8 nitrogen and oxygen atoms in total. The van der Waals surface area contributed by atoms with Crippen molar-refractivity contribution in [2.75, 3.05) is 11.3 Å². The predicted octanol–water partition coefficient (Wildman–Crippen LogP) is 3.23. The fourth-order valence-electron chi connectivity index (χ4n) is 3.99. The number of nitrogens with zero attached hydrogens (tertiary/aromatic N) is 2. The summed E-state index contributed by atoms with van der Waals surface area (Å²) in [6.07, 6.45) is -1.19. The summed E-state index contributed by atoms with van der Waals surface area (Å²) in [4.78, 5) is 15.1. The van der Waals surface area contributed by atoms with Crippen LogP contribution in [0.2, 0.25) is 0 Å². The number of fused-ring (bicyclic) bond motifs is 2. The molecule has 2 N–H and O–H groups in total. The van der Waals surface area contributed by atoms with E-state index in [1.54, 1.807) is 18.2 Å². The lowest BCUT2D eigenvalue weighted by Gasteiger charge is -2.23. The first-order valence-corrected chi connectivity index (χ1v) is 11.6. The minimum atomic E-state index is -4.51. The highest BCUT2D eigenvalue weighted by atomic mass is 32.2. The minimum Gasteiger partial charge on any atom is -0.408 e. The Balaban J connectivity index is 1.54. The van der Waals surface area contributed by atoms with E-state index in [1.807, 2.05) is 4.72 Å². The zero-order valence-electron chi connectivity index (χ0n) is 17.4. The Morgan fingerprint density at radius 1 is 1.18 bits per heavy atom. The van der Waals surface area contributed by atoms with Crippen molar-refractivity contribution < 1.29 is 26.0 Å². The van der Waals surface area contributed by atoms with Crippen molar-refractivity contribution in [2.24, 2.45) is 0 Å². The summed E-state index contributed by atoms with van der Waals surface area (Å²) in [5.74, 6) is -3.24. The molecule has 12 heteroatoms. The second-order valence-corrected chi connectivity index (χ2v) is 9.39. The molecular formula is C22H17F3N4O4S. The molecule has 0 unspecified atom stereocenters. The maximum absolute atomic E-state index is 14.9. The molecule has 1 aliphatic rings. The lowest BCUT2D eigenvalue weighted by atomic mass is 9.94. The molecule has 0 fully saturated rings. The number of hydrogen-bond acceptors (Lipinski definition) is 6. The molecule has 0 amide bonds. The van der Waals surface area contributed by atoms with E-state index < -0.39 is 38.6 Å². The van der Waals surface area contributed by atoms with E-state index in [0.717, 1.165) is 22.8 Å². The molecule has 1 aliphatic heterocycles. The fraction of sp³-hybridized carbons (Fsp3) is 0.182. The van der Waals surface area contributed by atoms with Gasteiger partial charge in [0.15, 0.2) is 5.58 Å². The molecule has 176 valence electrons. The van der Waals surface area contributed by atoms with Crippen LogP contribution in [0.4, 0.5) is 19.0 Å². The number of oxazole rings is 1. The van der Waals surface area contributed by atoms with Crippen LogP contribution in [-0.2, 0) is 23.1 Å². The van der Waals surface area contributed by atoms with Gasteiger partial charge in [0.1, 0.15) is 22.7 Å². The van der Waals surface area contributed by atoms with Gasteiger partial charge in [-0.05, 0) is 28.8 Å². The highest BCUT2D eigenvalue weighted by Gasteiger charge is 2.25. The molecule has 4 aromatic rings. The zero-order chi connectivity index (χ0) is 24.0. The third-order valence-corrected chi connectivity index (χ3v) is 6.94. The van der Waals surface area contributed by atoms with Crippen LogP contribution >= 0.6 is 0 Å². The van der Waals surface area contributed by atoms with Gasteiger partial charge in [-0.3, -0.25) is 9.29 Å². The molecule has 0 saturated carbocycles. The van der Waals surface area contributed by atoms with Crippen molar-refractivity contribution >= 4 is 26.9 Å². The number of anilines is 1. The van der Waals surface area contributed by atoms with Crippen molar-refractivity contribution in [1.29, 1.82) is 0 Å². The summed E-state index contributed by atoms with van der Waals surface area (Å²) in [5.41, 5.74) is 1.74. The van der Waals surface area contributed by atoms with Gasteiger partial charge in [0.05, 0.1) is 12.1 Å². The Bertz CT molecular complexity index is 1580. The van der Waals surface area contributed by atoms with E-state index in [0.29, 0.717) is 23.2 Å². The summed E-state index contributed by atoms with van der Waals surface area (Å²) in [7, 11) is -4.51. The molecule has 0 bridgehead atoms. The first kappa shape index (κ1) is 22.2. The highest BCUT2D eigenvalue weighted by Crippen LogP contribution is 2.29. The summed E-state index contributed by atoms with van der Waals surface area (Å²) >= 11 is 0. The highest BCUT2D eigenvalue weighted by molar-refractivity contribution is 7.92. The van der Waals surface area contributed by atoms with Crippen LogP contribution in [0.3, 0.4) is 0 Å². The minimum absolute atomic E-state index is 0.0274. The number of nitrogens with one attached hydrogen (secondary N) is 2. The lowest BCUT2D eigenvalue weighted by molar-refractivity contribution is 0.309. The molecule has 34 heavy (non-hydrogen) atoms. The van der Waals surface area contributed by atoms with Gasteiger partial charge in [0, 0.05) is 25.2 Å². The number of rotatable bonds is 5. The van der Waals surface area contributed by atoms with Crippen molar-refractivity contribution in [3.63, 3.8) is 0 Å². The van der Waals surface area contributed by atoms with Gasteiger partial charge in [-0.15, -0.1) is 0 Å². The number of sulfonamides is 1. The van der Waals surface area contributed by atoms with Crippen LogP contribution < -0.4 is 15.8 Å². The standard InChI is InChI=1S/C22H17F3N4O4S/c23-15-7-17-18(8-19(15)34(31,32)28-21-6-2-5-20(25)27-21)33-22(30)29(17)11-12-3-1-4-13-14(12)9-26-10-16(13)24/h1-8,16,26H,9-11H2,(H,27,28)/t16-/m1/s1. The Morgan fingerprint density at radius 3 is 2.76 bits per heavy atom. The van der Waals surface area contributed by atoms with Crippen LogP contribution in [0, 0.1) is 11.8 Å². The Morgan fingerprint density at radius 2 is 1.97 bits per heavy atom. The van der Waals surface area contributed by atoms with Crippen LogP contribution in [0.15, 0.2) is 62.6 Å². The monoisotopic (exact) mass is 490 g/mol. The molecule has 3 heterocycles. The maximum Gasteiger partial charge on any atom is 0.420 e. The molecule has 1 atom stereocenters. The SMILES string of the molecule is O=c1oc2cc(S(=O)(=O)Nc3cccc(F)n3)c(F)cc2n1Cc1cccc2c1CNC[C@H]2F. The van der Waals surface area contributed by atoms with Gasteiger partial charge in [0.25, 0.3) is 10.0 Å². The molecule has 0 spiro atoms. The largest absolute Gasteiger partial charge is 0.420 e. The predicted molar refractivity (Wildman–Crippen MR) is 117 cm³/mol. The third-order valence-electron chi connectivity index (χ3n) is 5.57. The maximum atomic E-state index is 14.9. The molecule has 5 rings (SSSR count). The van der Waals surface area contributed by atoms with E-state index in [4.69, 9.17) is 4.42 Å². The van der Waals surface area contributed by atoms with Crippen LogP contribution in [0.5, 0.6) is 0 Å². The first-order valence-electron chi connectivity index (χ1n) is 10.2. The van der Waals surface area contributed by atoms with Gasteiger partial charge in [0.2, 0.25) is 5.95 Å². The zero-order valence-corrected chi connectivity index (χ0v) is 18.2. The van der Waals surface area contributed by atoms with E-state index >= 15 is 0 Å². The van der Waals surface area contributed by atoms with Crippen LogP contribution in [0.1, 0.15) is 22.9 Å². The molecule has 0 aliphatic carbocycles. The summed E-state index contributed by atoms with van der Waals surface area (Å²) < 4.78 is 76.1. The van der Waals surface area contributed by atoms with Crippen LogP contribution in [-0.4, -0.2) is 24.5 Å². The quantitative estimate of drug-likeness (QED) is 0.416. The summed E-state index contributed by atoms with van der Waals surface area (Å²) in [6, 6.07) is 10.3. The van der Waals surface area contributed by atoms with Crippen molar-refractivity contribution in [3.05, 3.63) is 87.5 Å². The van der Waals surface area contributed by atoms with Crippen molar-refractivity contribution in [2.45, 2.75) is 24.2 Å².